The molecule has 0 aromatic heterocycles. The molecular weight excluding hydrogens is 397 g/mol. The maximum atomic E-state index is 13.6. The number of sulfone groups is 1. The molecule has 8 heteroatoms. The number of carbonyl (C=O) groups excluding carboxylic acids is 2. The predicted octanol–water partition coefficient (Wildman–Crippen LogP) is 2.60. The van der Waals surface area contributed by atoms with Crippen LogP contribution in [0.3, 0.4) is 0 Å². The molecule has 1 heterocycles. The summed E-state index contributed by atoms with van der Waals surface area (Å²) in [6, 6.07) is 14.1. The molecule has 0 bridgehead atoms. The molecule has 1 aliphatic heterocycles. The van der Waals surface area contributed by atoms with Crippen LogP contribution in [0.1, 0.15) is 12.0 Å². The highest BCUT2D eigenvalue weighted by Crippen LogP contribution is 2.24. The number of hydrogen-bond donors (Lipinski definition) is 0. The molecule has 0 radical (unpaired) electrons. The van der Waals surface area contributed by atoms with E-state index in [2.05, 4.69) is 0 Å². The third kappa shape index (κ3) is 5.51. The normalized spacial score (nSPS) is 17.9. The summed E-state index contributed by atoms with van der Waals surface area (Å²) in [6.07, 6.45) is 2.63. The standard InChI is InChI=1S/C21H20FNO5S/c22-19-9-5-4-6-16(19)10-11-21(25)28-14-20(24)23(17-7-2-1-3-8-17)18-12-13-29(26,27)15-18/h1-11,18H,12-15H2/b11-10+/t18-/m1/s1. The SMILES string of the molecule is O=C(/C=C/c1ccccc1F)OCC(=O)N(c1ccccc1)[C@@H]1CCS(=O)(=O)C1. The summed E-state index contributed by atoms with van der Waals surface area (Å²) < 4.78 is 42.3. The van der Waals surface area contributed by atoms with Crippen LogP contribution in [0.2, 0.25) is 0 Å². The van der Waals surface area contributed by atoms with Crippen molar-refractivity contribution in [2.24, 2.45) is 0 Å². The first kappa shape index (κ1) is 20.7. The van der Waals surface area contributed by atoms with Crippen LogP contribution in [0.4, 0.5) is 10.1 Å². The molecule has 0 N–H and O–H groups in total. The van der Waals surface area contributed by atoms with E-state index in [0.29, 0.717) is 12.1 Å². The van der Waals surface area contributed by atoms with Crippen molar-refractivity contribution in [1.82, 2.24) is 0 Å². The van der Waals surface area contributed by atoms with Gasteiger partial charge in [-0.25, -0.2) is 17.6 Å². The fourth-order valence-corrected chi connectivity index (χ4v) is 4.84. The number of para-hydroxylation sites is 1. The molecule has 0 aliphatic carbocycles. The highest BCUT2D eigenvalue weighted by Gasteiger charge is 2.35. The van der Waals surface area contributed by atoms with Gasteiger partial charge in [0.05, 0.1) is 17.5 Å². The van der Waals surface area contributed by atoms with E-state index >= 15 is 0 Å². The Morgan fingerprint density at radius 2 is 1.79 bits per heavy atom. The number of carbonyl (C=O) groups is 2. The van der Waals surface area contributed by atoms with E-state index < -0.39 is 40.2 Å². The van der Waals surface area contributed by atoms with Crippen LogP contribution >= 0.6 is 0 Å². The lowest BCUT2D eigenvalue weighted by Gasteiger charge is -2.28. The summed E-state index contributed by atoms with van der Waals surface area (Å²) in [5.41, 5.74) is 0.760. The fourth-order valence-electron chi connectivity index (χ4n) is 3.14. The lowest BCUT2D eigenvalue weighted by molar-refractivity contribution is -0.143. The van der Waals surface area contributed by atoms with E-state index in [9.17, 15) is 22.4 Å². The first-order chi connectivity index (χ1) is 13.9. The maximum Gasteiger partial charge on any atom is 0.331 e. The Hall–Kier alpha value is -3.00. The van der Waals surface area contributed by atoms with Crippen molar-refractivity contribution in [1.29, 1.82) is 0 Å². The number of nitrogens with zero attached hydrogens (tertiary/aromatic N) is 1. The molecule has 6 nitrogen and oxygen atoms in total. The molecule has 0 unspecified atom stereocenters. The lowest BCUT2D eigenvalue weighted by Crippen LogP contribution is -2.43. The molecule has 3 rings (SSSR count). The third-order valence-corrected chi connectivity index (χ3v) is 6.27. The second-order valence-electron chi connectivity index (χ2n) is 6.62. The largest absolute Gasteiger partial charge is 0.452 e. The molecule has 1 saturated heterocycles. The van der Waals surface area contributed by atoms with Gasteiger partial charge in [-0.15, -0.1) is 0 Å². The van der Waals surface area contributed by atoms with Crippen molar-refractivity contribution in [2.45, 2.75) is 12.5 Å². The van der Waals surface area contributed by atoms with Gasteiger partial charge >= 0.3 is 5.97 Å². The molecule has 152 valence electrons. The van der Waals surface area contributed by atoms with Crippen LogP contribution < -0.4 is 4.90 Å². The summed E-state index contributed by atoms with van der Waals surface area (Å²) in [5, 5.41) is 0. The summed E-state index contributed by atoms with van der Waals surface area (Å²) >= 11 is 0. The zero-order valence-corrected chi connectivity index (χ0v) is 16.3. The van der Waals surface area contributed by atoms with Crippen LogP contribution in [-0.4, -0.2) is 44.4 Å². The summed E-state index contributed by atoms with van der Waals surface area (Å²) in [6.45, 7) is -0.550. The quantitative estimate of drug-likeness (QED) is 0.533. The lowest BCUT2D eigenvalue weighted by atomic mass is 10.2. The highest BCUT2D eigenvalue weighted by atomic mass is 32.2. The topological polar surface area (TPSA) is 80.8 Å². The zero-order valence-electron chi connectivity index (χ0n) is 15.5. The second-order valence-corrected chi connectivity index (χ2v) is 8.85. The van der Waals surface area contributed by atoms with Gasteiger partial charge in [-0.2, -0.15) is 0 Å². The van der Waals surface area contributed by atoms with Gasteiger partial charge in [0.25, 0.3) is 5.91 Å². The number of amides is 1. The minimum Gasteiger partial charge on any atom is -0.452 e. The Morgan fingerprint density at radius 3 is 2.45 bits per heavy atom. The molecule has 2 aromatic rings. The highest BCUT2D eigenvalue weighted by molar-refractivity contribution is 7.91. The van der Waals surface area contributed by atoms with E-state index in [1.807, 2.05) is 0 Å². The number of rotatable bonds is 6. The van der Waals surface area contributed by atoms with Crippen molar-refractivity contribution in [2.75, 3.05) is 23.0 Å². The first-order valence-corrected chi connectivity index (χ1v) is 10.8. The van der Waals surface area contributed by atoms with Gasteiger partial charge in [-0.1, -0.05) is 36.4 Å². The van der Waals surface area contributed by atoms with Gasteiger partial charge in [0.15, 0.2) is 16.4 Å². The minimum atomic E-state index is -3.20. The molecule has 1 aliphatic rings. The molecule has 1 atom stereocenters. The van der Waals surface area contributed by atoms with Gasteiger partial charge in [-0.3, -0.25) is 4.79 Å². The van der Waals surface area contributed by atoms with Crippen LogP contribution in [-0.2, 0) is 24.2 Å². The summed E-state index contributed by atoms with van der Waals surface area (Å²) in [5.74, 6) is -1.92. The van der Waals surface area contributed by atoms with E-state index in [4.69, 9.17) is 4.74 Å². The number of halogens is 1. The second kappa shape index (κ2) is 9.00. The molecule has 29 heavy (non-hydrogen) atoms. The molecule has 0 spiro atoms. The monoisotopic (exact) mass is 417 g/mol. The summed E-state index contributed by atoms with van der Waals surface area (Å²) in [7, 11) is -3.20. The average Bonchev–Trinajstić information content (AvgIpc) is 3.06. The number of anilines is 1. The van der Waals surface area contributed by atoms with Crippen molar-refractivity contribution in [3.63, 3.8) is 0 Å². The molecule has 1 fully saturated rings. The van der Waals surface area contributed by atoms with Gasteiger partial charge < -0.3 is 9.64 Å². The van der Waals surface area contributed by atoms with Crippen molar-refractivity contribution in [3.8, 4) is 0 Å². The Labute approximate surface area is 168 Å². The van der Waals surface area contributed by atoms with Crippen LogP contribution in [0, 0.1) is 5.82 Å². The van der Waals surface area contributed by atoms with Gasteiger partial charge in [0.2, 0.25) is 0 Å². The molecule has 1 amide bonds. The van der Waals surface area contributed by atoms with Crippen LogP contribution in [0.5, 0.6) is 0 Å². The fraction of sp³-hybridized carbons (Fsp3) is 0.238. The Balaban J connectivity index is 1.67. The Morgan fingerprint density at radius 1 is 1.10 bits per heavy atom. The van der Waals surface area contributed by atoms with E-state index in [0.717, 1.165) is 6.08 Å². The van der Waals surface area contributed by atoms with E-state index in [-0.39, 0.29) is 17.1 Å². The third-order valence-electron chi connectivity index (χ3n) is 4.52. The smallest absolute Gasteiger partial charge is 0.331 e. The van der Waals surface area contributed by atoms with Crippen LogP contribution in [0.25, 0.3) is 6.08 Å². The number of ether oxygens (including phenoxy) is 1. The van der Waals surface area contributed by atoms with Crippen molar-refractivity contribution >= 4 is 33.5 Å². The minimum absolute atomic E-state index is 0.0133. The average molecular weight is 417 g/mol. The molecular formula is C21H20FNO5S. The maximum absolute atomic E-state index is 13.6. The Bertz CT molecular complexity index is 1020. The van der Waals surface area contributed by atoms with Crippen LogP contribution in [0.15, 0.2) is 60.7 Å². The van der Waals surface area contributed by atoms with Gasteiger partial charge in [-0.05, 0) is 30.7 Å². The number of esters is 1. The van der Waals surface area contributed by atoms with Gasteiger partial charge in [0, 0.05) is 17.3 Å². The van der Waals surface area contributed by atoms with E-state index in [1.165, 1.54) is 29.2 Å². The molecule has 0 saturated carbocycles. The van der Waals surface area contributed by atoms with Crippen molar-refractivity contribution in [3.05, 3.63) is 72.1 Å². The van der Waals surface area contributed by atoms with Crippen molar-refractivity contribution < 1.29 is 27.1 Å². The summed E-state index contributed by atoms with van der Waals surface area (Å²) in [4.78, 5) is 26.0. The number of benzene rings is 2. The van der Waals surface area contributed by atoms with Gasteiger partial charge in [0.1, 0.15) is 5.82 Å². The Kier molecular flexibility index (Phi) is 6.43. The number of hydrogen-bond acceptors (Lipinski definition) is 5. The zero-order chi connectivity index (χ0) is 20.9. The van der Waals surface area contributed by atoms with E-state index in [1.54, 1.807) is 36.4 Å². The predicted molar refractivity (Wildman–Crippen MR) is 107 cm³/mol. The first-order valence-electron chi connectivity index (χ1n) is 9.02. The molecule has 2 aromatic carbocycles.